The Bertz CT molecular complexity index is 385. The van der Waals surface area contributed by atoms with Gasteiger partial charge in [0.05, 0.1) is 0 Å². The Labute approximate surface area is 91.1 Å². The zero-order valence-corrected chi connectivity index (χ0v) is 8.41. The second kappa shape index (κ2) is 5.53. The molecule has 0 aliphatic heterocycles. The van der Waals surface area contributed by atoms with Gasteiger partial charge in [0.2, 0.25) is 0 Å². The van der Waals surface area contributed by atoms with E-state index >= 15 is 0 Å². The number of carboxylic acid groups (broad SMARTS) is 1. The number of nitrogens with one attached hydrogen (secondary N) is 1. The minimum Gasteiger partial charge on any atom is -0.480 e. The Morgan fingerprint density at radius 1 is 1.50 bits per heavy atom. The predicted octanol–water partition coefficient (Wildman–Crippen LogP) is 0.466. The molecule has 0 fully saturated rings. The van der Waals surface area contributed by atoms with Gasteiger partial charge >= 0.3 is 5.97 Å². The molecule has 0 saturated heterocycles. The molecule has 0 bridgehead atoms. The van der Waals surface area contributed by atoms with Gasteiger partial charge in [-0.1, -0.05) is 0 Å². The molecule has 0 spiro atoms. The zero-order chi connectivity index (χ0) is 12.1. The molecular weight excluding hydrogens is 218 g/mol. The first kappa shape index (κ1) is 12.5. The number of halogens is 2. The summed E-state index contributed by atoms with van der Waals surface area (Å²) in [6.07, 6.45) is 0. The fraction of sp³-hybridized carbons (Fsp3) is 0.300. The highest BCUT2D eigenvalue weighted by Crippen LogP contribution is 2.08. The third-order valence-corrected chi connectivity index (χ3v) is 2.00. The fourth-order valence-electron chi connectivity index (χ4n) is 1.13. The van der Waals surface area contributed by atoms with Crippen LogP contribution in [0.25, 0.3) is 0 Å². The molecule has 0 aliphatic rings. The molecule has 0 radical (unpaired) electrons. The van der Waals surface area contributed by atoms with Gasteiger partial charge in [0.25, 0.3) is 0 Å². The third-order valence-electron chi connectivity index (χ3n) is 2.00. The molecular formula is C10H12F2N2O2. The average Bonchev–Trinajstić information content (AvgIpc) is 2.22. The van der Waals surface area contributed by atoms with Crippen molar-refractivity contribution in [2.75, 3.05) is 6.54 Å². The van der Waals surface area contributed by atoms with Crippen molar-refractivity contribution in [3.8, 4) is 0 Å². The van der Waals surface area contributed by atoms with Crippen molar-refractivity contribution in [2.45, 2.75) is 12.6 Å². The lowest BCUT2D eigenvalue weighted by Crippen LogP contribution is -2.40. The molecule has 0 heterocycles. The van der Waals surface area contributed by atoms with Crippen LogP contribution in [0.1, 0.15) is 5.56 Å². The number of aliphatic carboxylic acids is 1. The van der Waals surface area contributed by atoms with E-state index in [1.165, 1.54) is 0 Å². The number of carboxylic acids is 1. The van der Waals surface area contributed by atoms with E-state index in [1.54, 1.807) is 0 Å². The van der Waals surface area contributed by atoms with Crippen molar-refractivity contribution in [3.05, 3.63) is 35.4 Å². The van der Waals surface area contributed by atoms with E-state index in [0.29, 0.717) is 0 Å². The van der Waals surface area contributed by atoms with E-state index in [9.17, 15) is 13.6 Å². The van der Waals surface area contributed by atoms with Gasteiger partial charge in [0.1, 0.15) is 17.7 Å². The van der Waals surface area contributed by atoms with Crippen LogP contribution >= 0.6 is 0 Å². The number of rotatable bonds is 5. The standard InChI is InChI=1S/C10H12F2N2O2/c11-7-1-2-8(12)6(3-7)4-14-5-9(13)10(15)16/h1-3,9,14H,4-5,13H2,(H,15,16). The molecule has 1 aromatic carbocycles. The number of hydrogen-bond acceptors (Lipinski definition) is 3. The molecule has 0 amide bonds. The van der Waals surface area contributed by atoms with Gasteiger partial charge in [-0.2, -0.15) is 0 Å². The van der Waals surface area contributed by atoms with Crippen molar-refractivity contribution < 1.29 is 18.7 Å². The number of nitrogens with two attached hydrogens (primary N) is 1. The molecule has 1 aromatic rings. The van der Waals surface area contributed by atoms with E-state index in [4.69, 9.17) is 10.8 Å². The van der Waals surface area contributed by atoms with Crippen LogP contribution in [0.2, 0.25) is 0 Å². The summed E-state index contributed by atoms with van der Waals surface area (Å²) in [6.45, 7) is 0.0237. The molecule has 1 rings (SSSR count). The topological polar surface area (TPSA) is 75.3 Å². The molecule has 4 nitrogen and oxygen atoms in total. The molecule has 1 atom stereocenters. The molecule has 4 N–H and O–H groups in total. The van der Waals surface area contributed by atoms with Crippen LogP contribution in [0, 0.1) is 11.6 Å². The largest absolute Gasteiger partial charge is 0.480 e. The van der Waals surface area contributed by atoms with Crippen LogP contribution in [0.3, 0.4) is 0 Å². The molecule has 0 aliphatic carbocycles. The summed E-state index contributed by atoms with van der Waals surface area (Å²) in [4.78, 5) is 10.4. The number of hydrogen-bond donors (Lipinski definition) is 3. The number of benzene rings is 1. The summed E-state index contributed by atoms with van der Waals surface area (Å²) >= 11 is 0. The van der Waals surface area contributed by atoms with Gasteiger partial charge < -0.3 is 16.2 Å². The van der Waals surface area contributed by atoms with Crippen LogP contribution in [0.5, 0.6) is 0 Å². The lowest BCUT2D eigenvalue weighted by molar-refractivity contribution is -0.138. The molecule has 16 heavy (non-hydrogen) atoms. The van der Waals surface area contributed by atoms with E-state index in [-0.39, 0.29) is 18.7 Å². The number of carbonyl (C=O) groups is 1. The Balaban J connectivity index is 2.48. The van der Waals surface area contributed by atoms with Crippen LogP contribution in [0.4, 0.5) is 8.78 Å². The van der Waals surface area contributed by atoms with Gasteiger partial charge in [-0.3, -0.25) is 4.79 Å². The lowest BCUT2D eigenvalue weighted by atomic mass is 10.2. The molecule has 0 aromatic heterocycles. The van der Waals surface area contributed by atoms with Gasteiger partial charge in [-0.05, 0) is 18.2 Å². The quantitative estimate of drug-likeness (QED) is 0.687. The molecule has 1 unspecified atom stereocenters. The minimum atomic E-state index is -1.15. The Morgan fingerprint density at radius 2 is 2.19 bits per heavy atom. The lowest BCUT2D eigenvalue weighted by Gasteiger charge is -2.08. The van der Waals surface area contributed by atoms with Crippen molar-refractivity contribution in [2.24, 2.45) is 5.73 Å². The van der Waals surface area contributed by atoms with E-state index in [2.05, 4.69) is 5.32 Å². The van der Waals surface area contributed by atoms with Crippen LogP contribution in [0.15, 0.2) is 18.2 Å². The minimum absolute atomic E-state index is 0.00864. The summed E-state index contributed by atoms with van der Waals surface area (Å²) in [5, 5.41) is 11.1. The first-order valence-corrected chi connectivity index (χ1v) is 4.63. The third kappa shape index (κ3) is 3.56. The summed E-state index contributed by atoms with van der Waals surface area (Å²) < 4.78 is 25.8. The van der Waals surface area contributed by atoms with Crippen LogP contribution in [-0.2, 0) is 11.3 Å². The molecule has 88 valence electrons. The molecule has 0 saturated carbocycles. The second-order valence-corrected chi connectivity index (χ2v) is 3.31. The van der Waals surface area contributed by atoms with Gasteiger partial charge in [-0.15, -0.1) is 0 Å². The Hall–Kier alpha value is -1.53. The van der Waals surface area contributed by atoms with Crippen molar-refractivity contribution in [1.82, 2.24) is 5.32 Å². The summed E-state index contributed by atoms with van der Waals surface area (Å²) in [6, 6.07) is 2.02. The Morgan fingerprint density at radius 3 is 2.81 bits per heavy atom. The predicted molar refractivity (Wildman–Crippen MR) is 53.7 cm³/mol. The highest BCUT2D eigenvalue weighted by Gasteiger charge is 2.11. The van der Waals surface area contributed by atoms with Crippen molar-refractivity contribution >= 4 is 5.97 Å². The summed E-state index contributed by atoms with van der Waals surface area (Å²) in [5.41, 5.74) is 5.36. The normalized spacial score (nSPS) is 12.4. The average molecular weight is 230 g/mol. The first-order chi connectivity index (χ1) is 7.50. The monoisotopic (exact) mass is 230 g/mol. The van der Waals surface area contributed by atoms with E-state index in [0.717, 1.165) is 18.2 Å². The smallest absolute Gasteiger partial charge is 0.321 e. The molecule has 6 heteroatoms. The maximum Gasteiger partial charge on any atom is 0.321 e. The maximum atomic E-state index is 13.1. The first-order valence-electron chi connectivity index (χ1n) is 4.63. The van der Waals surface area contributed by atoms with Gasteiger partial charge in [0, 0.05) is 18.7 Å². The van der Waals surface area contributed by atoms with Crippen LogP contribution < -0.4 is 11.1 Å². The SMILES string of the molecule is NC(CNCc1cc(F)ccc1F)C(=O)O. The second-order valence-electron chi connectivity index (χ2n) is 3.31. The highest BCUT2D eigenvalue weighted by atomic mass is 19.1. The van der Waals surface area contributed by atoms with E-state index < -0.39 is 23.6 Å². The van der Waals surface area contributed by atoms with E-state index in [1.807, 2.05) is 0 Å². The van der Waals surface area contributed by atoms with Gasteiger partial charge in [-0.25, -0.2) is 8.78 Å². The van der Waals surface area contributed by atoms with Gasteiger partial charge in [0.15, 0.2) is 0 Å². The zero-order valence-electron chi connectivity index (χ0n) is 8.41. The maximum absolute atomic E-state index is 13.1. The van der Waals surface area contributed by atoms with Crippen molar-refractivity contribution in [3.63, 3.8) is 0 Å². The summed E-state index contributed by atoms with van der Waals surface area (Å²) in [5.74, 6) is -2.23. The summed E-state index contributed by atoms with van der Waals surface area (Å²) in [7, 11) is 0. The fourth-order valence-corrected chi connectivity index (χ4v) is 1.13. The van der Waals surface area contributed by atoms with Crippen LogP contribution in [-0.4, -0.2) is 23.7 Å². The van der Waals surface area contributed by atoms with Crippen molar-refractivity contribution in [1.29, 1.82) is 0 Å². The Kier molecular flexibility index (Phi) is 4.33. The highest BCUT2D eigenvalue weighted by molar-refractivity contribution is 5.73.